The molecule has 0 saturated heterocycles. The van der Waals surface area contributed by atoms with Crippen molar-refractivity contribution in [2.75, 3.05) is 20.8 Å². The summed E-state index contributed by atoms with van der Waals surface area (Å²) in [4.78, 5) is 32.3. The molecule has 1 aliphatic heterocycles. The van der Waals surface area contributed by atoms with Gasteiger partial charge in [-0.15, -0.1) is 0 Å². The van der Waals surface area contributed by atoms with Crippen LogP contribution in [0.3, 0.4) is 0 Å². The third kappa shape index (κ3) is 6.27. The number of carbonyl (C=O) groups is 1. The summed E-state index contributed by atoms with van der Waals surface area (Å²) in [6, 6.07) is 18.4. The van der Waals surface area contributed by atoms with Crippen LogP contribution in [0.2, 0.25) is 0 Å². The van der Waals surface area contributed by atoms with E-state index in [1.54, 1.807) is 32.6 Å². The Morgan fingerprint density at radius 3 is 2.33 bits per heavy atom. The van der Waals surface area contributed by atoms with Gasteiger partial charge in [0.05, 0.1) is 42.7 Å². The van der Waals surface area contributed by atoms with E-state index in [-0.39, 0.29) is 12.2 Å². The fourth-order valence-electron chi connectivity index (χ4n) is 5.22. The zero-order chi connectivity index (χ0) is 30.7. The Morgan fingerprint density at radius 2 is 1.67 bits per heavy atom. The summed E-state index contributed by atoms with van der Waals surface area (Å²) in [6.45, 7) is 8.10. The normalized spacial score (nSPS) is 14.7. The molecular weight excluding hydrogens is 564 g/mol. The average molecular weight is 599 g/mol. The van der Waals surface area contributed by atoms with Crippen LogP contribution in [-0.4, -0.2) is 31.4 Å². The van der Waals surface area contributed by atoms with Crippen molar-refractivity contribution in [2.24, 2.45) is 4.99 Å². The molecule has 0 aliphatic carbocycles. The number of thiazole rings is 1. The molecule has 2 heterocycles. The number of aryl methyl sites for hydroxylation is 2. The number of allylic oxidation sites excluding steroid dienone is 1. The highest BCUT2D eigenvalue weighted by atomic mass is 32.1. The van der Waals surface area contributed by atoms with Gasteiger partial charge in [0.15, 0.2) is 4.80 Å². The number of hydrogen-bond donors (Lipinski definition) is 0. The minimum Gasteiger partial charge on any atom is -0.497 e. The van der Waals surface area contributed by atoms with Crippen LogP contribution in [0.15, 0.2) is 81.7 Å². The number of methoxy groups -OCH3 is 2. The van der Waals surface area contributed by atoms with Gasteiger partial charge in [-0.05, 0) is 92.4 Å². The minimum absolute atomic E-state index is 0.211. The molecule has 0 amide bonds. The van der Waals surface area contributed by atoms with E-state index in [1.165, 1.54) is 11.3 Å². The second-order valence-corrected chi connectivity index (χ2v) is 11.3. The second-order valence-electron chi connectivity index (χ2n) is 10.3. The lowest BCUT2D eigenvalue weighted by molar-refractivity contribution is -0.139. The van der Waals surface area contributed by atoms with Gasteiger partial charge in [-0.1, -0.05) is 35.6 Å². The van der Waals surface area contributed by atoms with Crippen LogP contribution < -0.4 is 29.1 Å². The fourth-order valence-corrected chi connectivity index (χ4v) is 6.27. The summed E-state index contributed by atoms with van der Waals surface area (Å²) in [6.07, 6.45) is 1.83. The highest BCUT2D eigenvalue weighted by Crippen LogP contribution is 2.32. The van der Waals surface area contributed by atoms with Gasteiger partial charge in [0.1, 0.15) is 23.9 Å². The summed E-state index contributed by atoms with van der Waals surface area (Å²) in [5.41, 5.74) is 5.26. The van der Waals surface area contributed by atoms with E-state index < -0.39 is 12.0 Å². The van der Waals surface area contributed by atoms with E-state index in [2.05, 4.69) is 11.1 Å². The number of rotatable bonds is 9. The SMILES string of the molecule is CCOC(=O)C1=C(C)N=c2s/c(=C\c3ccc(OC)c(COc4cc(C)cc(C)c4)c3)c(=O)n2[C@H]1c1ccc(OC)cc1. The van der Waals surface area contributed by atoms with Gasteiger partial charge in [0, 0.05) is 5.56 Å². The molecule has 0 N–H and O–H groups in total. The van der Waals surface area contributed by atoms with Gasteiger partial charge < -0.3 is 18.9 Å². The lowest BCUT2D eigenvalue weighted by Gasteiger charge is -2.24. The first-order chi connectivity index (χ1) is 20.7. The lowest BCUT2D eigenvalue weighted by atomic mass is 9.96. The molecule has 3 aromatic carbocycles. The zero-order valence-corrected chi connectivity index (χ0v) is 25.9. The standard InChI is InChI=1S/C34H34N2O6S/c1-7-41-33(38)30-22(4)35-34-36(31(30)24-9-11-26(39-5)12-10-24)32(37)29(43-34)18-23-8-13-28(40-6)25(17-23)19-42-27-15-20(2)14-21(3)16-27/h8-18,31H,7,19H2,1-6H3/b29-18-/t31-/m0/s1. The van der Waals surface area contributed by atoms with E-state index in [0.717, 1.165) is 33.6 Å². The molecule has 222 valence electrons. The first kappa shape index (κ1) is 29.8. The highest BCUT2D eigenvalue weighted by molar-refractivity contribution is 7.07. The van der Waals surface area contributed by atoms with Crippen molar-refractivity contribution in [3.63, 3.8) is 0 Å². The molecule has 0 spiro atoms. The second kappa shape index (κ2) is 12.7. The number of aromatic nitrogens is 1. The molecule has 1 aromatic heterocycles. The summed E-state index contributed by atoms with van der Waals surface area (Å²) in [5, 5.41) is 0. The quantitative estimate of drug-likeness (QED) is 0.252. The van der Waals surface area contributed by atoms with Crippen LogP contribution in [0, 0.1) is 13.8 Å². The Balaban J connectivity index is 1.57. The highest BCUT2D eigenvalue weighted by Gasteiger charge is 2.33. The number of ether oxygens (including phenoxy) is 4. The van der Waals surface area contributed by atoms with Gasteiger partial charge in [-0.25, -0.2) is 9.79 Å². The molecule has 0 unspecified atom stereocenters. The summed E-state index contributed by atoms with van der Waals surface area (Å²) >= 11 is 1.28. The van der Waals surface area contributed by atoms with Crippen LogP contribution in [0.1, 0.15) is 47.7 Å². The number of nitrogens with zero attached hydrogens (tertiary/aromatic N) is 2. The predicted molar refractivity (Wildman–Crippen MR) is 167 cm³/mol. The molecule has 0 radical (unpaired) electrons. The van der Waals surface area contributed by atoms with Crippen molar-refractivity contribution in [1.82, 2.24) is 4.57 Å². The molecule has 9 heteroatoms. The smallest absolute Gasteiger partial charge is 0.338 e. The van der Waals surface area contributed by atoms with Crippen molar-refractivity contribution in [3.8, 4) is 17.2 Å². The molecule has 4 aromatic rings. The molecular formula is C34H34N2O6S. The Hall–Kier alpha value is -4.63. The Bertz CT molecular complexity index is 1870. The number of hydrogen-bond acceptors (Lipinski definition) is 8. The first-order valence-electron chi connectivity index (χ1n) is 13.9. The summed E-state index contributed by atoms with van der Waals surface area (Å²) in [7, 11) is 3.21. The van der Waals surface area contributed by atoms with E-state index in [1.807, 2.05) is 74.5 Å². The van der Waals surface area contributed by atoms with Crippen molar-refractivity contribution in [3.05, 3.63) is 119 Å². The third-order valence-corrected chi connectivity index (χ3v) is 8.12. The minimum atomic E-state index is -0.694. The van der Waals surface area contributed by atoms with Gasteiger partial charge in [0.25, 0.3) is 5.56 Å². The molecule has 1 atom stereocenters. The van der Waals surface area contributed by atoms with Crippen molar-refractivity contribution >= 4 is 23.4 Å². The molecule has 0 saturated carbocycles. The van der Waals surface area contributed by atoms with Gasteiger partial charge >= 0.3 is 5.97 Å². The Morgan fingerprint density at radius 1 is 0.953 bits per heavy atom. The first-order valence-corrected chi connectivity index (χ1v) is 14.8. The lowest BCUT2D eigenvalue weighted by Crippen LogP contribution is -2.39. The monoisotopic (exact) mass is 598 g/mol. The summed E-state index contributed by atoms with van der Waals surface area (Å²) < 4.78 is 24.5. The maximum Gasteiger partial charge on any atom is 0.338 e. The van der Waals surface area contributed by atoms with Crippen LogP contribution in [-0.2, 0) is 16.1 Å². The zero-order valence-electron chi connectivity index (χ0n) is 25.1. The molecule has 0 bridgehead atoms. The Labute approximate surface area is 254 Å². The predicted octanol–water partition coefficient (Wildman–Crippen LogP) is 5.01. The number of benzene rings is 3. The van der Waals surface area contributed by atoms with E-state index in [9.17, 15) is 9.59 Å². The average Bonchev–Trinajstić information content (AvgIpc) is 3.28. The van der Waals surface area contributed by atoms with Crippen molar-refractivity contribution < 1.29 is 23.7 Å². The van der Waals surface area contributed by atoms with E-state index in [0.29, 0.717) is 38.7 Å². The van der Waals surface area contributed by atoms with Crippen LogP contribution in [0.5, 0.6) is 17.2 Å². The molecule has 5 rings (SSSR count). The molecule has 1 aliphatic rings. The molecule has 0 fully saturated rings. The van der Waals surface area contributed by atoms with E-state index in [4.69, 9.17) is 18.9 Å². The van der Waals surface area contributed by atoms with Crippen LogP contribution >= 0.6 is 11.3 Å². The van der Waals surface area contributed by atoms with Gasteiger partial charge in [0.2, 0.25) is 0 Å². The summed E-state index contributed by atoms with van der Waals surface area (Å²) in [5.74, 6) is 1.65. The van der Waals surface area contributed by atoms with Crippen molar-refractivity contribution in [2.45, 2.75) is 40.3 Å². The number of carbonyl (C=O) groups excluding carboxylic acids is 1. The maximum atomic E-state index is 14.0. The van der Waals surface area contributed by atoms with E-state index >= 15 is 0 Å². The van der Waals surface area contributed by atoms with Gasteiger partial charge in [-0.3, -0.25) is 9.36 Å². The largest absolute Gasteiger partial charge is 0.497 e. The van der Waals surface area contributed by atoms with Crippen LogP contribution in [0.4, 0.5) is 0 Å². The third-order valence-electron chi connectivity index (χ3n) is 7.14. The maximum absolute atomic E-state index is 14.0. The number of esters is 1. The molecule has 43 heavy (non-hydrogen) atoms. The fraction of sp³-hybridized carbons (Fsp3) is 0.265. The topological polar surface area (TPSA) is 88.4 Å². The number of fused-ring (bicyclic) bond motifs is 1. The van der Waals surface area contributed by atoms with Crippen LogP contribution in [0.25, 0.3) is 6.08 Å². The van der Waals surface area contributed by atoms with Gasteiger partial charge in [-0.2, -0.15) is 0 Å². The van der Waals surface area contributed by atoms with Crippen molar-refractivity contribution in [1.29, 1.82) is 0 Å². The molecule has 8 nitrogen and oxygen atoms in total. The Kier molecular flexibility index (Phi) is 8.82.